The summed E-state index contributed by atoms with van der Waals surface area (Å²) in [6.07, 6.45) is 7.41. The summed E-state index contributed by atoms with van der Waals surface area (Å²) in [5, 5.41) is 12.5. The minimum atomic E-state index is -0.969. The van der Waals surface area contributed by atoms with E-state index in [0.717, 1.165) is 36.8 Å². The van der Waals surface area contributed by atoms with Crippen LogP contribution in [0.15, 0.2) is 65.8 Å². The molecule has 404 valence electrons. The largest absolute Gasteiger partial charge is 1.00 e. The summed E-state index contributed by atoms with van der Waals surface area (Å²) in [7, 11) is 0. The smallest absolute Gasteiger partial charge is 1.00 e. The Hall–Kier alpha value is -2.29. The van der Waals surface area contributed by atoms with Crippen LogP contribution in [0.1, 0.15) is 128 Å². The minimum Gasteiger partial charge on any atom is -1.00 e. The van der Waals surface area contributed by atoms with Gasteiger partial charge >= 0.3 is 109 Å². The number of carbonyl (C=O) groups is 7. The second-order valence-electron chi connectivity index (χ2n) is 19.6. The van der Waals surface area contributed by atoms with E-state index in [1.807, 2.05) is 102 Å². The molecule has 0 radical (unpaired) electrons. The third kappa shape index (κ3) is 22.6. The Balaban J connectivity index is 0. The molecule has 1 aliphatic carbocycles. The number of amides is 6. The van der Waals surface area contributed by atoms with Gasteiger partial charge < -0.3 is 54.3 Å². The van der Waals surface area contributed by atoms with E-state index < -0.39 is 42.3 Å². The average Bonchev–Trinajstić information content (AvgIpc) is 4.03. The van der Waals surface area contributed by atoms with Crippen molar-refractivity contribution in [3.05, 3.63) is 83.3 Å². The molecule has 6 amide bonds. The number of hydrogen-bond donors (Lipinski definition) is 4. The van der Waals surface area contributed by atoms with Crippen molar-refractivity contribution in [1.82, 2.24) is 31.2 Å². The van der Waals surface area contributed by atoms with E-state index in [0.29, 0.717) is 69.8 Å². The van der Waals surface area contributed by atoms with Gasteiger partial charge in [0.1, 0.15) is 24.2 Å². The van der Waals surface area contributed by atoms with Crippen LogP contribution in [0.5, 0.6) is 0 Å². The first kappa shape index (κ1) is 69.7. The number of Topliss-reactive ketones (excluding diaryl/α,β-unsaturated/α-hetero) is 1. The van der Waals surface area contributed by atoms with E-state index in [1.165, 1.54) is 16.0 Å². The Labute approximate surface area is 528 Å². The Kier molecular flexibility index (Phi) is 34.6. The molecule has 6 N–H and O–H groups in total. The zero-order chi connectivity index (χ0) is 52.0. The Morgan fingerprint density at radius 1 is 0.703 bits per heavy atom. The number of rotatable bonds is 23. The molecule has 0 aromatic heterocycles. The number of nitrogens with zero attached hydrogens (tertiary/aromatic N) is 3. The third-order valence-corrected chi connectivity index (χ3v) is 13.5. The number of hydrogen-bond acceptors (Lipinski definition) is 10. The van der Waals surface area contributed by atoms with Crippen molar-refractivity contribution in [1.29, 1.82) is 0 Å². The molecule has 0 spiro atoms. The van der Waals surface area contributed by atoms with E-state index in [4.69, 9.17) is 20.9 Å². The molecule has 1 saturated carbocycles. The summed E-state index contributed by atoms with van der Waals surface area (Å²) >= 11 is 0. The quantitative estimate of drug-likeness (QED) is 0.0543. The van der Waals surface area contributed by atoms with Gasteiger partial charge in [-0.1, -0.05) is 140 Å². The number of ketones is 1. The molecule has 0 unspecified atom stereocenters. The first-order valence-corrected chi connectivity index (χ1v) is 25.5. The van der Waals surface area contributed by atoms with Crippen molar-refractivity contribution in [3.63, 3.8) is 0 Å². The molecule has 2 heterocycles. The van der Waals surface area contributed by atoms with Crippen LogP contribution >= 0.6 is 0 Å². The van der Waals surface area contributed by atoms with E-state index in [2.05, 4.69) is 26.5 Å². The van der Waals surface area contributed by atoms with Gasteiger partial charge in [-0.25, -0.2) is 10.2 Å². The predicted octanol–water partition coefficient (Wildman–Crippen LogP) is 1.43. The molecule has 2 aromatic rings. The summed E-state index contributed by atoms with van der Waals surface area (Å²) in [4.78, 5) is 90.3. The Morgan fingerprint density at radius 3 is 1.53 bits per heavy atom. The standard InChI is InChI=1S/C32H49N6O5.C21H30N3O4.CH4.2K.2H/c1-5-25(18-35-37-32(42)34-17-22-12-14-24(15-13-22)28(39)6-2)36-30(40)27-16-26(43-20-23-10-8-7-9-11-23)19-38(27)31(41)29(33)21(3)4;1-4-16(12-25)23-20(26)18-10-17(28-13-15-8-6-5-7-9-15)11-24(18)21(27)19(22)14(2)3;;;;;/h7-11,18,21-22,24-27,29,33H,5-6,12-17,19-20H2,1-4H3,(H,36,40)(H2,34,37,42);5-9,12,14,16-19,22H,4,10-11,13H2,1-3H3,(H,23,26);1H4;;;;/q2*-1;;2*+1;2*-1/b35-18+;;;;;;/t22?,24?,25-,26+,27-,29-;16-,17+,18-,19-;;;;;/m00...../s1/i;;;;;2*1+2. The Bertz CT molecular complexity index is 2060. The molecule has 0 bridgehead atoms. The fourth-order valence-electron chi connectivity index (χ4n) is 8.80. The van der Waals surface area contributed by atoms with Crippen molar-refractivity contribution in [2.45, 2.75) is 175 Å². The fourth-order valence-corrected chi connectivity index (χ4v) is 8.80. The SMILES string of the molecule is C.CCC(=O)C1CCC(CNC(=O)N/N=C/[C@H](CC)NC(=O)[C@@H]2C[C@@H](OCc3ccccc3)CN2C(=O)[C@@H]([NH-])C(C)C)CC1.CC[C@@H](C=O)NC(=O)[C@@H]1C[C@@H](OCc2ccccc2)CN1C(=O)[C@@H]([NH-])C(C)C.[3H-].[3H-].[K+].[K+]. The van der Waals surface area contributed by atoms with Gasteiger partial charge in [0, 0.05) is 51.0 Å². The van der Waals surface area contributed by atoms with Gasteiger partial charge in [0.2, 0.25) is 23.6 Å². The van der Waals surface area contributed by atoms with Crippen molar-refractivity contribution >= 4 is 47.9 Å². The summed E-state index contributed by atoms with van der Waals surface area (Å²) in [5.41, 5.74) is 20.9. The number of carbonyl (C=O) groups excluding carboxylic acids is 7. The Morgan fingerprint density at radius 2 is 1.14 bits per heavy atom. The van der Waals surface area contributed by atoms with Crippen LogP contribution in [0, 0.1) is 23.7 Å². The van der Waals surface area contributed by atoms with Crippen LogP contribution in [-0.2, 0) is 51.5 Å². The number of ether oxygens (including phenoxy) is 2. The monoisotopic (exact) mass is 1090 g/mol. The van der Waals surface area contributed by atoms with E-state index in [1.54, 1.807) is 6.92 Å². The fraction of sp³-hybridized carbons (Fsp3) is 0.630. The number of nitrogens with one attached hydrogen (secondary N) is 6. The molecular formula is C54H85K2N9O9-2. The average molecular weight is 1090 g/mol. The second-order valence-corrected chi connectivity index (χ2v) is 19.6. The van der Waals surface area contributed by atoms with Crippen molar-refractivity contribution in [3.8, 4) is 0 Å². The van der Waals surface area contributed by atoms with Gasteiger partial charge in [-0.2, -0.15) is 5.10 Å². The van der Waals surface area contributed by atoms with Crippen LogP contribution in [0.25, 0.3) is 11.5 Å². The van der Waals surface area contributed by atoms with Crippen molar-refractivity contribution in [2.24, 2.45) is 28.8 Å². The number of aldehydes is 1. The zero-order valence-corrected chi connectivity index (χ0v) is 51.0. The topological polar surface area (TPSA) is 253 Å². The molecule has 5 rings (SSSR count). The van der Waals surface area contributed by atoms with Gasteiger partial charge in [0.25, 0.3) is 0 Å². The molecule has 18 nitrogen and oxygen atoms in total. The maximum absolute atomic E-state index is 13.4. The van der Waals surface area contributed by atoms with Crippen LogP contribution < -0.4 is 124 Å². The molecule has 3 aliphatic rings. The molecule has 2 saturated heterocycles. The number of urea groups is 1. The van der Waals surface area contributed by atoms with Gasteiger partial charge in [-0.05, 0) is 55.6 Å². The molecule has 20 heteroatoms. The summed E-state index contributed by atoms with van der Waals surface area (Å²) in [6.45, 7) is 14.6. The molecule has 74 heavy (non-hydrogen) atoms. The third-order valence-electron chi connectivity index (χ3n) is 13.5. The molecular weight excluding hydrogens is 997 g/mol. The van der Waals surface area contributed by atoms with Gasteiger partial charge in [-0.15, -0.1) is 0 Å². The first-order valence-electron chi connectivity index (χ1n) is 25.5. The van der Waals surface area contributed by atoms with Crippen molar-refractivity contribution in [2.75, 3.05) is 19.6 Å². The summed E-state index contributed by atoms with van der Waals surface area (Å²) in [5.74, 6) is -0.972. The molecule has 8 atom stereocenters. The normalized spacial score (nSPS) is 21.8. The van der Waals surface area contributed by atoms with Crippen LogP contribution in [0.4, 0.5) is 4.79 Å². The zero-order valence-electron chi connectivity index (χ0n) is 46.8. The van der Waals surface area contributed by atoms with Crippen molar-refractivity contribution < 1.29 is 149 Å². The minimum absolute atomic E-state index is 0. The first-order chi connectivity index (χ1) is 34.0. The maximum Gasteiger partial charge on any atom is 1.00 e. The molecule has 3 fully saturated rings. The van der Waals surface area contributed by atoms with Crippen LogP contribution in [-0.4, -0.2) is 126 Å². The van der Waals surface area contributed by atoms with Crippen LogP contribution in [0.3, 0.4) is 0 Å². The molecule has 2 aromatic carbocycles. The molecule has 2 aliphatic heterocycles. The predicted molar refractivity (Wildman–Crippen MR) is 281 cm³/mol. The van der Waals surface area contributed by atoms with Gasteiger partial charge in [0.05, 0.1) is 37.5 Å². The van der Waals surface area contributed by atoms with E-state index in [-0.39, 0.29) is 180 Å². The number of hydrazone groups is 1. The van der Waals surface area contributed by atoms with Gasteiger partial charge in [0.15, 0.2) is 0 Å². The van der Waals surface area contributed by atoms with Crippen LogP contribution in [0.2, 0.25) is 0 Å². The van der Waals surface area contributed by atoms with E-state index >= 15 is 0 Å². The van der Waals surface area contributed by atoms with E-state index in [9.17, 15) is 33.6 Å². The number of likely N-dealkylation sites (tertiary alicyclic amines) is 2. The van der Waals surface area contributed by atoms with Gasteiger partial charge in [-0.3, -0.25) is 24.0 Å². The maximum atomic E-state index is 13.4. The number of benzene rings is 2. The summed E-state index contributed by atoms with van der Waals surface area (Å²) < 4.78 is 12.0. The summed E-state index contributed by atoms with van der Waals surface area (Å²) in [6, 6.07) is 14.5. The second kappa shape index (κ2) is 36.7.